The van der Waals surface area contributed by atoms with Gasteiger partial charge < -0.3 is 4.42 Å². The largest absolute Gasteiger partial charge is 0.456 e. The molecule has 49 heavy (non-hydrogen) atoms. The van der Waals surface area contributed by atoms with Gasteiger partial charge in [-0.1, -0.05) is 141 Å². The van der Waals surface area contributed by atoms with Crippen molar-refractivity contribution in [1.82, 2.24) is 15.0 Å². The zero-order valence-corrected chi connectivity index (χ0v) is 27.1. The number of para-hydroxylation sites is 1. The molecule has 1 fully saturated rings. The third-order valence-electron chi connectivity index (χ3n) is 10.7. The molecular formula is C45H33N3O. The number of nitrogens with zero attached hydrogens (tertiary/aromatic N) is 3. The van der Waals surface area contributed by atoms with Crippen molar-refractivity contribution in [2.45, 2.75) is 37.5 Å². The molecule has 0 aliphatic heterocycles. The second-order valence-corrected chi connectivity index (χ2v) is 13.5. The molecule has 1 spiro atoms. The zero-order chi connectivity index (χ0) is 32.4. The number of rotatable bonds is 4. The molecule has 0 N–H and O–H groups in total. The first-order chi connectivity index (χ1) is 24.2. The zero-order valence-electron chi connectivity index (χ0n) is 27.1. The van der Waals surface area contributed by atoms with E-state index < -0.39 is 0 Å². The third-order valence-corrected chi connectivity index (χ3v) is 10.7. The summed E-state index contributed by atoms with van der Waals surface area (Å²) in [7, 11) is 0. The lowest BCUT2D eigenvalue weighted by molar-refractivity contribution is 0.353. The summed E-state index contributed by atoms with van der Waals surface area (Å²) < 4.78 is 6.22. The first kappa shape index (κ1) is 28.2. The fourth-order valence-electron chi connectivity index (χ4n) is 8.49. The Hall–Kier alpha value is -5.87. The molecular weight excluding hydrogens is 599 g/mol. The van der Waals surface area contributed by atoms with Crippen molar-refractivity contribution in [3.05, 3.63) is 151 Å². The van der Waals surface area contributed by atoms with E-state index in [0.717, 1.165) is 38.6 Å². The molecule has 8 aromatic rings. The van der Waals surface area contributed by atoms with Gasteiger partial charge >= 0.3 is 0 Å². The minimum Gasteiger partial charge on any atom is -0.456 e. The minimum atomic E-state index is 0.0914. The highest BCUT2D eigenvalue weighted by molar-refractivity contribution is 6.05. The molecule has 2 aromatic heterocycles. The maximum atomic E-state index is 6.22. The van der Waals surface area contributed by atoms with Crippen LogP contribution in [0.4, 0.5) is 0 Å². The van der Waals surface area contributed by atoms with E-state index in [1.165, 1.54) is 65.5 Å². The normalized spacial score (nSPS) is 14.7. The summed E-state index contributed by atoms with van der Waals surface area (Å²) in [6.45, 7) is 0. The van der Waals surface area contributed by atoms with Crippen molar-refractivity contribution in [2.24, 2.45) is 0 Å². The highest BCUT2D eigenvalue weighted by atomic mass is 16.3. The van der Waals surface area contributed by atoms with Crippen LogP contribution in [0, 0.1) is 0 Å². The molecule has 0 bridgehead atoms. The summed E-state index contributed by atoms with van der Waals surface area (Å²) in [6.07, 6.45) is 6.29. The topological polar surface area (TPSA) is 51.8 Å². The third kappa shape index (κ3) is 4.48. The number of hydrogen-bond donors (Lipinski definition) is 0. The fraction of sp³-hybridized carbons (Fsp3) is 0.133. The van der Waals surface area contributed by atoms with Crippen LogP contribution in [0.3, 0.4) is 0 Å². The number of aromatic nitrogens is 3. The molecule has 2 aliphatic carbocycles. The van der Waals surface area contributed by atoms with Crippen molar-refractivity contribution in [1.29, 1.82) is 0 Å². The lowest BCUT2D eigenvalue weighted by Gasteiger charge is -2.37. The van der Waals surface area contributed by atoms with E-state index in [-0.39, 0.29) is 5.41 Å². The van der Waals surface area contributed by atoms with Gasteiger partial charge in [0.2, 0.25) is 0 Å². The van der Waals surface area contributed by atoms with E-state index in [2.05, 4.69) is 84.9 Å². The summed E-state index contributed by atoms with van der Waals surface area (Å²) in [5, 5.41) is 2.19. The Morgan fingerprint density at radius 3 is 1.84 bits per heavy atom. The molecule has 0 saturated heterocycles. The minimum absolute atomic E-state index is 0.0914. The van der Waals surface area contributed by atoms with Crippen LogP contribution in [0.5, 0.6) is 0 Å². The summed E-state index contributed by atoms with van der Waals surface area (Å²) in [4.78, 5) is 15.0. The molecule has 1 saturated carbocycles. The maximum Gasteiger partial charge on any atom is 0.164 e. The Morgan fingerprint density at radius 2 is 1.02 bits per heavy atom. The summed E-state index contributed by atoms with van der Waals surface area (Å²) in [5.74, 6) is 1.91. The van der Waals surface area contributed by atoms with E-state index >= 15 is 0 Å². The Bertz CT molecular complexity index is 2520. The molecule has 6 aromatic carbocycles. The predicted octanol–water partition coefficient (Wildman–Crippen LogP) is 11.7. The molecule has 0 atom stereocenters. The molecule has 0 unspecified atom stereocenters. The summed E-state index contributed by atoms with van der Waals surface area (Å²) in [5.41, 5.74) is 13.0. The molecule has 0 amide bonds. The van der Waals surface area contributed by atoms with Gasteiger partial charge in [0.1, 0.15) is 11.2 Å². The van der Waals surface area contributed by atoms with Crippen LogP contribution >= 0.6 is 0 Å². The van der Waals surface area contributed by atoms with E-state index in [1.54, 1.807) is 0 Å². The van der Waals surface area contributed by atoms with Gasteiger partial charge in [0.25, 0.3) is 0 Å². The molecule has 10 rings (SSSR count). The van der Waals surface area contributed by atoms with Crippen molar-refractivity contribution in [2.75, 3.05) is 0 Å². The Kier molecular flexibility index (Phi) is 6.38. The van der Waals surface area contributed by atoms with Crippen molar-refractivity contribution in [3.63, 3.8) is 0 Å². The average Bonchev–Trinajstić information content (AvgIpc) is 3.68. The first-order valence-corrected chi connectivity index (χ1v) is 17.3. The van der Waals surface area contributed by atoms with E-state index in [1.807, 2.05) is 54.6 Å². The van der Waals surface area contributed by atoms with Crippen molar-refractivity contribution >= 4 is 21.9 Å². The van der Waals surface area contributed by atoms with Crippen LogP contribution in [0.2, 0.25) is 0 Å². The van der Waals surface area contributed by atoms with Gasteiger partial charge in [-0.05, 0) is 64.4 Å². The second-order valence-electron chi connectivity index (χ2n) is 13.5. The molecule has 2 heterocycles. The monoisotopic (exact) mass is 631 g/mol. The van der Waals surface area contributed by atoms with Crippen LogP contribution in [-0.2, 0) is 5.41 Å². The number of fused-ring (bicyclic) bond motifs is 8. The van der Waals surface area contributed by atoms with Gasteiger partial charge in [0.15, 0.2) is 17.5 Å². The number of benzene rings is 6. The molecule has 2 aliphatic rings. The summed E-state index contributed by atoms with van der Waals surface area (Å²) in [6, 6.07) is 49.3. The first-order valence-electron chi connectivity index (χ1n) is 17.3. The van der Waals surface area contributed by atoms with Gasteiger partial charge in [0, 0.05) is 32.9 Å². The van der Waals surface area contributed by atoms with Crippen LogP contribution in [-0.4, -0.2) is 15.0 Å². The second kappa shape index (κ2) is 11.1. The van der Waals surface area contributed by atoms with Crippen molar-refractivity contribution in [3.8, 4) is 56.4 Å². The Labute approximate surface area is 285 Å². The van der Waals surface area contributed by atoms with Crippen molar-refractivity contribution < 1.29 is 4.42 Å². The highest BCUT2D eigenvalue weighted by Crippen LogP contribution is 2.58. The van der Waals surface area contributed by atoms with Gasteiger partial charge in [-0.25, -0.2) is 15.0 Å². The standard InChI is InChI=1S/C45H33N3O/c1-3-12-30(13-4-1)42-46-43(48-44(47-42)32-24-25-36-35-15-6-8-19-39(35)49-40(36)28-32)31-22-20-29(21-23-31)33-16-11-17-37-34-14-5-7-18-38(34)45(41(33)37)26-9-2-10-27-45/h1,3-8,11-25,28H,2,9-10,26-27H2. The molecule has 234 valence electrons. The van der Waals surface area contributed by atoms with Crippen LogP contribution < -0.4 is 0 Å². The highest BCUT2D eigenvalue weighted by Gasteiger charge is 2.45. The Morgan fingerprint density at radius 1 is 0.429 bits per heavy atom. The lowest BCUT2D eigenvalue weighted by Crippen LogP contribution is -2.28. The van der Waals surface area contributed by atoms with Gasteiger partial charge in [-0.2, -0.15) is 0 Å². The molecule has 4 nitrogen and oxygen atoms in total. The lowest BCUT2D eigenvalue weighted by atomic mass is 9.66. The van der Waals surface area contributed by atoms with E-state index in [4.69, 9.17) is 19.4 Å². The van der Waals surface area contributed by atoms with Crippen LogP contribution in [0.25, 0.3) is 78.4 Å². The predicted molar refractivity (Wildman–Crippen MR) is 198 cm³/mol. The molecule has 0 radical (unpaired) electrons. The van der Waals surface area contributed by atoms with E-state index in [0.29, 0.717) is 17.5 Å². The Balaban J connectivity index is 1.08. The van der Waals surface area contributed by atoms with Gasteiger partial charge in [-0.15, -0.1) is 0 Å². The fourth-order valence-corrected chi connectivity index (χ4v) is 8.49. The van der Waals surface area contributed by atoms with Gasteiger partial charge in [-0.3, -0.25) is 0 Å². The quantitative estimate of drug-likeness (QED) is 0.194. The molecule has 4 heteroatoms. The summed E-state index contributed by atoms with van der Waals surface area (Å²) >= 11 is 0. The van der Waals surface area contributed by atoms with E-state index in [9.17, 15) is 0 Å². The number of hydrogen-bond acceptors (Lipinski definition) is 4. The maximum absolute atomic E-state index is 6.22. The smallest absolute Gasteiger partial charge is 0.164 e. The van der Waals surface area contributed by atoms with Crippen LogP contribution in [0.1, 0.15) is 43.2 Å². The van der Waals surface area contributed by atoms with Crippen LogP contribution in [0.15, 0.2) is 144 Å². The average molecular weight is 632 g/mol. The number of furan rings is 1. The SMILES string of the molecule is c1ccc(-c2nc(-c3ccc(-c4cccc5c4C4(CCCCC4)c4ccccc4-5)cc3)nc(-c3ccc4c(c3)oc3ccccc34)n2)cc1. The van der Waals surface area contributed by atoms with Gasteiger partial charge in [0.05, 0.1) is 0 Å².